The van der Waals surface area contributed by atoms with Crippen LogP contribution >= 0.6 is 11.8 Å². The molecule has 20 heavy (non-hydrogen) atoms. The number of aliphatic carboxylic acids is 1. The van der Waals surface area contributed by atoms with Gasteiger partial charge in [0.15, 0.2) is 11.6 Å². The lowest BCUT2D eigenvalue weighted by molar-refractivity contribution is -0.142. The monoisotopic (exact) mass is 301 g/mol. The van der Waals surface area contributed by atoms with E-state index in [0.29, 0.717) is 4.90 Å². The number of hydrogen-bond acceptors (Lipinski definition) is 3. The summed E-state index contributed by atoms with van der Waals surface area (Å²) in [6.45, 7) is 0. The lowest BCUT2D eigenvalue weighted by Gasteiger charge is -2.13. The normalized spacial score (nSPS) is 15.7. The summed E-state index contributed by atoms with van der Waals surface area (Å²) in [5.41, 5.74) is 0. The van der Waals surface area contributed by atoms with E-state index >= 15 is 0 Å². The molecule has 0 spiro atoms. The smallest absolute Gasteiger partial charge is 0.326 e. The summed E-state index contributed by atoms with van der Waals surface area (Å²) in [5, 5.41) is 11.4. The van der Waals surface area contributed by atoms with Crippen LogP contribution in [0.15, 0.2) is 23.1 Å². The molecule has 1 aliphatic carbocycles. The summed E-state index contributed by atoms with van der Waals surface area (Å²) in [6, 6.07) is 2.50. The molecule has 1 saturated carbocycles. The minimum absolute atomic E-state index is 0.00437. The SMILES string of the molecule is O=C(CSc1ccc(F)c(F)c1)NC(C(=O)O)C1CC1. The number of halogens is 2. The van der Waals surface area contributed by atoms with Gasteiger partial charge in [-0.3, -0.25) is 4.79 Å². The van der Waals surface area contributed by atoms with Crippen LogP contribution in [0.25, 0.3) is 0 Å². The van der Waals surface area contributed by atoms with Gasteiger partial charge in [-0.1, -0.05) is 0 Å². The van der Waals surface area contributed by atoms with E-state index in [2.05, 4.69) is 5.32 Å². The lowest BCUT2D eigenvalue weighted by atomic mass is 10.2. The Morgan fingerprint density at radius 3 is 2.60 bits per heavy atom. The van der Waals surface area contributed by atoms with Gasteiger partial charge in [-0.2, -0.15) is 0 Å². The zero-order chi connectivity index (χ0) is 14.7. The van der Waals surface area contributed by atoms with Crippen LogP contribution in [0.3, 0.4) is 0 Å². The maximum absolute atomic E-state index is 13.0. The molecule has 1 aliphatic rings. The summed E-state index contributed by atoms with van der Waals surface area (Å²) in [7, 11) is 0. The van der Waals surface area contributed by atoms with Crippen molar-refractivity contribution in [2.24, 2.45) is 5.92 Å². The van der Waals surface area contributed by atoms with E-state index < -0.39 is 29.6 Å². The number of hydrogen-bond donors (Lipinski definition) is 2. The molecular weight excluding hydrogens is 288 g/mol. The number of thioether (sulfide) groups is 1. The molecule has 0 radical (unpaired) electrons. The van der Waals surface area contributed by atoms with Crippen molar-refractivity contribution < 1.29 is 23.5 Å². The van der Waals surface area contributed by atoms with E-state index in [0.717, 1.165) is 36.7 Å². The van der Waals surface area contributed by atoms with E-state index in [1.54, 1.807) is 0 Å². The fourth-order valence-corrected chi connectivity index (χ4v) is 2.47. The van der Waals surface area contributed by atoms with E-state index in [1.165, 1.54) is 6.07 Å². The first-order valence-corrected chi connectivity index (χ1v) is 7.06. The maximum Gasteiger partial charge on any atom is 0.326 e. The molecule has 1 unspecified atom stereocenters. The van der Waals surface area contributed by atoms with E-state index in [4.69, 9.17) is 5.11 Å². The lowest BCUT2D eigenvalue weighted by Crippen LogP contribution is -2.43. The second-order valence-corrected chi connectivity index (χ2v) is 5.63. The number of rotatable bonds is 6. The van der Waals surface area contributed by atoms with Crippen molar-refractivity contribution in [2.45, 2.75) is 23.8 Å². The molecule has 1 fully saturated rings. The summed E-state index contributed by atoms with van der Waals surface area (Å²) in [4.78, 5) is 23.0. The molecule has 1 amide bonds. The van der Waals surface area contributed by atoms with Crippen molar-refractivity contribution in [2.75, 3.05) is 5.75 Å². The summed E-state index contributed by atoms with van der Waals surface area (Å²) < 4.78 is 25.7. The van der Waals surface area contributed by atoms with Crippen molar-refractivity contribution in [3.63, 3.8) is 0 Å². The predicted molar refractivity (Wildman–Crippen MR) is 69.4 cm³/mol. The van der Waals surface area contributed by atoms with E-state index in [-0.39, 0.29) is 11.7 Å². The fraction of sp³-hybridized carbons (Fsp3) is 0.385. The van der Waals surface area contributed by atoms with Gasteiger partial charge < -0.3 is 10.4 Å². The van der Waals surface area contributed by atoms with E-state index in [9.17, 15) is 18.4 Å². The summed E-state index contributed by atoms with van der Waals surface area (Å²) >= 11 is 1.03. The summed E-state index contributed by atoms with van der Waals surface area (Å²) in [6.07, 6.45) is 1.60. The standard InChI is InChI=1S/C13H13F2NO3S/c14-9-4-3-8(5-10(9)15)20-6-11(17)16-12(13(18)19)7-1-2-7/h3-5,7,12H,1-2,6H2,(H,16,17)(H,18,19). The van der Waals surface area contributed by atoms with Gasteiger partial charge in [0, 0.05) is 4.90 Å². The van der Waals surface area contributed by atoms with Gasteiger partial charge in [-0.25, -0.2) is 13.6 Å². The average Bonchev–Trinajstić information content (AvgIpc) is 3.21. The van der Waals surface area contributed by atoms with Crippen LogP contribution in [0.4, 0.5) is 8.78 Å². The van der Waals surface area contributed by atoms with Gasteiger partial charge >= 0.3 is 5.97 Å². The average molecular weight is 301 g/mol. The van der Waals surface area contributed by atoms with Crippen molar-refractivity contribution in [3.05, 3.63) is 29.8 Å². The van der Waals surface area contributed by atoms with Crippen molar-refractivity contribution in [3.8, 4) is 0 Å². The molecule has 0 saturated heterocycles. The van der Waals surface area contributed by atoms with E-state index in [1.807, 2.05) is 0 Å². The van der Waals surface area contributed by atoms with Crippen molar-refractivity contribution in [1.29, 1.82) is 0 Å². The van der Waals surface area contributed by atoms with Gasteiger partial charge in [0.2, 0.25) is 5.91 Å². The number of carbonyl (C=O) groups excluding carboxylic acids is 1. The zero-order valence-corrected chi connectivity index (χ0v) is 11.3. The molecule has 0 bridgehead atoms. The topological polar surface area (TPSA) is 66.4 Å². The Morgan fingerprint density at radius 2 is 2.05 bits per heavy atom. The molecule has 1 aromatic rings. The van der Waals surface area contributed by atoms with Crippen LogP contribution in [-0.2, 0) is 9.59 Å². The van der Waals surface area contributed by atoms with Crippen LogP contribution in [-0.4, -0.2) is 28.8 Å². The fourth-order valence-electron chi connectivity index (χ4n) is 1.74. The first-order chi connectivity index (χ1) is 9.47. The Kier molecular flexibility index (Phi) is 4.59. The summed E-state index contributed by atoms with van der Waals surface area (Å²) in [5.74, 6) is -3.43. The van der Waals surface area contributed by atoms with Crippen LogP contribution in [0.5, 0.6) is 0 Å². The van der Waals surface area contributed by atoms with Crippen molar-refractivity contribution in [1.82, 2.24) is 5.32 Å². The quantitative estimate of drug-likeness (QED) is 0.789. The highest BCUT2D eigenvalue weighted by Gasteiger charge is 2.37. The molecule has 4 nitrogen and oxygen atoms in total. The molecular formula is C13H13F2NO3S. The van der Waals surface area contributed by atoms with Crippen LogP contribution in [0, 0.1) is 17.6 Å². The number of nitrogens with one attached hydrogen (secondary N) is 1. The second-order valence-electron chi connectivity index (χ2n) is 4.59. The van der Waals surface area contributed by atoms with Gasteiger partial charge in [0.25, 0.3) is 0 Å². The Labute approximate surface area is 118 Å². The van der Waals surface area contributed by atoms with Crippen LogP contribution in [0.2, 0.25) is 0 Å². The predicted octanol–water partition coefficient (Wildman–Crippen LogP) is 2.04. The third-order valence-corrected chi connectivity index (χ3v) is 3.93. The molecule has 2 N–H and O–H groups in total. The second kappa shape index (κ2) is 6.21. The third-order valence-electron chi connectivity index (χ3n) is 2.94. The van der Waals surface area contributed by atoms with Crippen LogP contribution < -0.4 is 5.32 Å². The zero-order valence-electron chi connectivity index (χ0n) is 10.4. The molecule has 0 aromatic heterocycles. The highest BCUT2D eigenvalue weighted by Crippen LogP contribution is 2.32. The van der Waals surface area contributed by atoms with Crippen molar-refractivity contribution >= 4 is 23.6 Å². The molecule has 7 heteroatoms. The Balaban J connectivity index is 1.85. The number of benzene rings is 1. The first-order valence-electron chi connectivity index (χ1n) is 6.07. The number of carboxylic acid groups (broad SMARTS) is 1. The molecule has 1 atom stereocenters. The molecule has 0 aliphatic heterocycles. The minimum Gasteiger partial charge on any atom is -0.480 e. The number of carboxylic acids is 1. The van der Waals surface area contributed by atoms with Gasteiger partial charge in [0.1, 0.15) is 6.04 Å². The first kappa shape index (κ1) is 14.8. The van der Waals surface area contributed by atoms with Gasteiger partial charge in [-0.15, -0.1) is 11.8 Å². The van der Waals surface area contributed by atoms with Crippen LogP contribution in [0.1, 0.15) is 12.8 Å². The van der Waals surface area contributed by atoms with Gasteiger partial charge in [0.05, 0.1) is 5.75 Å². The molecule has 1 aromatic carbocycles. The Morgan fingerprint density at radius 1 is 1.35 bits per heavy atom. The number of amides is 1. The number of carbonyl (C=O) groups is 2. The molecule has 0 heterocycles. The molecule has 2 rings (SSSR count). The highest BCUT2D eigenvalue weighted by molar-refractivity contribution is 8.00. The van der Waals surface area contributed by atoms with Gasteiger partial charge in [-0.05, 0) is 37.0 Å². The Hall–Kier alpha value is -1.63. The third kappa shape index (κ3) is 3.93. The largest absolute Gasteiger partial charge is 0.480 e. The maximum atomic E-state index is 13.0. The minimum atomic E-state index is -1.04. The highest BCUT2D eigenvalue weighted by atomic mass is 32.2. The Bertz CT molecular complexity index is 534. The molecule has 108 valence electrons.